The molecule has 2 fully saturated rings. The fraction of sp³-hybridized carbons (Fsp3) is 1.00. The summed E-state index contributed by atoms with van der Waals surface area (Å²) in [5, 5.41) is 0. The Bertz CT molecular complexity index is 272. The second kappa shape index (κ2) is 7.74. The summed E-state index contributed by atoms with van der Waals surface area (Å²) in [5.74, 6) is -0.322. The Morgan fingerprint density at radius 1 is 1.10 bits per heavy atom. The molecule has 1 saturated heterocycles. The van der Waals surface area contributed by atoms with Crippen molar-refractivity contribution in [2.75, 3.05) is 26.3 Å². The Hall–Kier alpha value is -0.160. The van der Waals surface area contributed by atoms with E-state index in [4.69, 9.17) is 15.2 Å². The van der Waals surface area contributed by atoms with E-state index in [-0.39, 0.29) is 11.8 Å². The first kappa shape index (κ1) is 16.2. The molecule has 2 unspecified atom stereocenters. The standard InChI is InChI=1S/C16H32N2O2/c1-3-5-9-18(10-6-4-2)15-13-16(8-7-14(15)17)19-11-12-20-16/h14-15H,3-13,17H2,1-2H3. The van der Waals surface area contributed by atoms with E-state index in [0.717, 1.165) is 45.6 Å². The lowest BCUT2D eigenvalue weighted by atomic mass is 9.85. The zero-order valence-electron chi connectivity index (χ0n) is 13.3. The smallest absolute Gasteiger partial charge is 0.170 e. The minimum atomic E-state index is -0.322. The van der Waals surface area contributed by atoms with E-state index in [9.17, 15) is 0 Å². The molecule has 2 N–H and O–H groups in total. The largest absolute Gasteiger partial charge is 0.347 e. The van der Waals surface area contributed by atoms with Gasteiger partial charge < -0.3 is 15.2 Å². The Labute approximate surface area is 124 Å². The van der Waals surface area contributed by atoms with Gasteiger partial charge in [0.2, 0.25) is 0 Å². The van der Waals surface area contributed by atoms with Gasteiger partial charge in [-0.3, -0.25) is 4.90 Å². The van der Waals surface area contributed by atoms with Gasteiger partial charge in [0.25, 0.3) is 0 Å². The second-order valence-electron chi connectivity index (χ2n) is 6.32. The molecule has 0 aromatic rings. The predicted molar refractivity (Wildman–Crippen MR) is 81.6 cm³/mol. The molecule has 2 aliphatic rings. The van der Waals surface area contributed by atoms with Crippen LogP contribution in [0.15, 0.2) is 0 Å². The topological polar surface area (TPSA) is 47.7 Å². The Morgan fingerprint density at radius 3 is 2.25 bits per heavy atom. The predicted octanol–water partition coefficient (Wildman–Crippen LogP) is 2.51. The lowest BCUT2D eigenvalue weighted by Gasteiger charge is -2.45. The maximum Gasteiger partial charge on any atom is 0.170 e. The number of unbranched alkanes of at least 4 members (excludes halogenated alkanes) is 2. The van der Waals surface area contributed by atoms with Gasteiger partial charge in [0, 0.05) is 24.9 Å². The van der Waals surface area contributed by atoms with Crippen LogP contribution in [0, 0.1) is 0 Å². The molecule has 118 valence electrons. The molecule has 2 atom stereocenters. The summed E-state index contributed by atoms with van der Waals surface area (Å²) in [6, 6.07) is 0.682. The van der Waals surface area contributed by atoms with Gasteiger partial charge in [-0.2, -0.15) is 0 Å². The summed E-state index contributed by atoms with van der Waals surface area (Å²) >= 11 is 0. The molecule has 2 rings (SSSR count). The van der Waals surface area contributed by atoms with Gasteiger partial charge in [-0.05, 0) is 32.4 Å². The summed E-state index contributed by atoms with van der Waals surface area (Å²) in [7, 11) is 0. The SMILES string of the molecule is CCCCN(CCCC)C1CC2(CCC1N)OCCO2. The third-order valence-corrected chi connectivity index (χ3v) is 4.75. The van der Waals surface area contributed by atoms with E-state index in [1.807, 2.05) is 0 Å². The van der Waals surface area contributed by atoms with E-state index >= 15 is 0 Å². The van der Waals surface area contributed by atoms with Gasteiger partial charge in [-0.25, -0.2) is 0 Å². The van der Waals surface area contributed by atoms with Gasteiger partial charge in [0.1, 0.15) is 0 Å². The van der Waals surface area contributed by atoms with Crippen LogP contribution in [0.1, 0.15) is 58.8 Å². The first-order valence-electron chi connectivity index (χ1n) is 8.48. The maximum absolute atomic E-state index is 6.42. The van der Waals surface area contributed by atoms with Crippen molar-refractivity contribution in [3.05, 3.63) is 0 Å². The zero-order chi connectivity index (χ0) is 14.4. The van der Waals surface area contributed by atoms with Crippen molar-refractivity contribution in [1.29, 1.82) is 0 Å². The number of hydrogen-bond donors (Lipinski definition) is 1. The number of nitrogens with zero attached hydrogens (tertiary/aromatic N) is 1. The van der Waals surface area contributed by atoms with Crippen molar-refractivity contribution in [2.24, 2.45) is 5.73 Å². The molecule has 0 amide bonds. The van der Waals surface area contributed by atoms with Gasteiger partial charge in [0.05, 0.1) is 13.2 Å². The zero-order valence-corrected chi connectivity index (χ0v) is 13.3. The molecule has 0 bridgehead atoms. The number of rotatable bonds is 7. The van der Waals surface area contributed by atoms with E-state index in [1.165, 1.54) is 25.7 Å². The molecule has 0 radical (unpaired) electrons. The summed E-state index contributed by atoms with van der Waals surface area (Å²) in [6.07, 6.45) is 7.90. The van der Waals surface area contributed by atoms with E-state index in [1.54, 1.807) is 0 Å². The average Bonchev–Trinajstić information content (AvgIpc) is 2.91. The quantitative estimate of drug-likeness (QED) is 0.780. The van der Waals surface area contributed by atoms with Crippen molar-refractivity contribution < 1.29 is 9.47 Å². The van der Waals surface area contributed by atoms with Crippen LogP contribution in [0.5, 0.6) is 0 Å². The molecular formula is C16H32N2O2. The van der Waals surface area contributed by atoms with Gasteiger partial charge in [0.15, 0.2) is 5.79 Å². The molecule has 1 aliphatic carbocycles. The fourth-order valence-corrected chi connectivity index (χ4v) is 3.48. The molecule has 1 aliphatic heterocycles. The lowest BCUT2D eigenvalue weighted by Crippen LogP contribution is -2.56. The number of ether oxygens (including phenoxy) is 2. The summed E-state index contributed by atoms with van der Waals surface area (Å²) in [4.78, 5) is 2.60. The van der Waals surface area contributed by atoms with Crippen molar-refractivity contribution in [1.82, 2.24) is 4.90 Å². The first-order chi connectivity index (χ1) is 9.71. The molecular weight excluding hydrogens is 252 g/mol. The molecule has 20 heavy (non-hydrogen) atoms. The molecule has 1 heterocycles. The highest BCUT2D eigenvalue weighted by Crippen LogP contribution is 2.37. The monoisotopic (exact) mass is 284 g/mol. The first-order valence-corrected chi connectivity index (χ1v) is 8.48. The average molecular weight is 284 g/mol. The molecule has 0 aromatic heterocycles. The van der Waals surface area contributed by atoms with Crippen molar-refractivity contribution >= 4 is 0 Å². The van der Waals surface area contributed by atoms with Gasteiger partial charge in [-0.1, -0.05) is 26.7 Å². The fourth-order valence-electron chi connectivity index (χ4n) is 3.48. The third kappa shape index (κ3) is 3.94. The van der Waals surface area contributed by atoms with E-state index in [2.05, 4.69) is 18.7 Å². The van der Waals surface area contributed by atoms with Crippen LogP contribution >= 0.6 is 0 Å². The van der Waals surface area contributed by atoms with Crippen molar-refractivity contribution in [2.45, 2.75) is 76.7 Å². The molecule has 1 spiro atoms. The van der Waals surface area contributed by atoms with Crippen LogP contribution in [-0.4, -0.2) is 49.1 Å². The van der Waals surface area contributed by atoms with Crippen LogP contribution in [-0.2, 0) is 9.47 Å². The summed E-state index contributed by atoms with van der Waals surface area (Å²) < 4.78 is 11.8. The van der Waals surface area contributed by atoms with Crippen LogP contribution in [0.25, 0.3) is 0 Å². The maximum atomic E-state index is 6.42. The lowest BCUT2D eigenvalue weighted by molar-refractivity contribution is -0.192. The van der Waals surface area contributed by atoms with Gasteiger partial charge in [-0.15, -0.1) is 0 Å². The Balaban J connectivity index is 1.99. The third-order valence-electron chi connectivity index (χ3n) is 4.75. The normalized spacial score (nSPS) is 29.4. The summed E-state index contributed by atoms with van der Waals surface area (Å²) in [5.41, 5.74) is 6.42. The number of nitrogens with two attached hydrogens (primary N) is 1. The van der Waals surface area contributed by atoms with Crippen LogP contribution < -0.4 is 5.73 Å². The molecule has 1 saturated carbocycles. The minimum Gasteiger partial charge on any atom is -0.347 e. The van der Waals surface area contributed by atoms with Crippen molar-refractivity contribution in [3.63, 3.8) is 0 Å². The Kier molecular flexibility index (Phi) is 6.27. The van der Waals surface area contributed by atoms with Crippen LogP contribution in [0.3, 0.4) is 0 Å². The highest BCUT2D eigenvalue weighted by Gasteiger charge is 2.45. The van der Waals surface area contributed by atoms with Gasteiger partial charge >= 0.3 is 0 Å². The number of hydrogen-bond acceptors (Lipinski definition) is 4. The van der Waals surface area contributed by atoms with Crippen LogP contribution in [0.4, 0.5) is 0 Å². The van der Waals surface area contributed by atoms with Crippen molar-refractivity contribution in [3.8, 4) is 0 Å². The minimum absolute atomic E-state index is 0.266. The molecule has 4 heteroatoms. The summed E-state index contributed by atoms with van der Waals surface area (Å²) in [6.45, 7) is 8.31. The van der Waals surface area contributed by atoms with Crippen LogP contribution in [0.2, 0.25) is 0 Å². The Morgan fingerprint density at radius 2 is 1.70 bits per heavy atom. The molecule has 0 aromatic carbocycles. The highest BCUT2D eigenvalue weighted by molar-refractivity contribution is 4.95. The highest BCUT2D eigenvalue weighted by atomic mass is 16.7. The van der Waals surface area contributed by atoms with E-state index < -0.39 is 0 Å². The second-order valence-corrected chi connectivity index (χ2v) is 6.32. The molecule has 4 nitrogen and oxygen atoms in total. The van der Waals surface area contributed by atoms with E-state index in [0.29, 0.717) is 6.04 Å².